The molecule has 114 valence electrons. The number of aromatic nitrogens is 2. The summed E-state index contributed by atoms with van der Waals surface area (Å²) in [4.78, 5) is 4.55. The Morgan fingerprint density at radius 2 is 2.05 bits per heavy atom. The Balaban J connectivity index is 1.97. The molecule has 2 rings (SSSR count). The maximum atomic E-state index is 8.79. The third-order valence-corrected chi connectivity index (χ3v) is 3.21. The van der Waals surface area contributed by atoms with Crippen LogP contribution in [-0.4, -0.2) is 22.3 Å². The number of aliphatic imine (C=N–C) groups is 1. The molecule has 0 saturated carbocycles. The first-order chi connectivity index (χ1) is 10.7. The van der Waals surface area contributed by atoms with Gasteiger partial charge in [0.2, 0.25) is 0 Å². The van der Waals surface area contributed by atoms with Crippen LogP contribution in [0.15, 0.2) is 41.5 Å². The number of benzene rings is 1. The molecule has 0 saturated heterocycles. The van der Waals surface area contributed by atoms with E-state index < -0.39 is 0 Å². The highest BCUT2D eigenvalue weighted by Gasteiger charge is 2.01. The van der Waals surface area contributed by atoms with E-state index in [1.54, 1.807) is 18.3 Å². The van der Waals surface area contributed by atoms with Gasteiger partial charge in [-0.15, -0.1) is 0 Å². The topological polar surface area (TPSA) is 78.0 Å². The summed E-state index contributed by atoms with van der Waals surface area (Å²) in [5.41, 5.74) is 2.81. The van der Waals surface area contributed by atoms with Crippen LogP contribution in [0.1, 0.15) is 23.7 Å². The molecule has 2 N–H and O–H groups in total. The lowest BCUT2D eigenvalue weighted by molar-refractivity contribution is 0.685. The Labute approximate surface area is 130 Å². The predicted octanol–water partition coefficient (Wildman–Crippen LogP) is 1.55. The van der Waals surface area contributed by atoms with E-state index in [-0.39, 0.29) is 0 Å². The molecule has 1 aromatic carbocycles. The standard InChI is InChI=1S/C16H20N6/c1-3-18-16(20-12-15-8-9-21-22(15)2)19-11-14-6-4-13(10-17)5-7-14/h4-9H,3,11-12H2,1-2H3,(H2,18,19,20). The monoisotopic (exact) mass is 296 g/mol. The fourth-order valence-corrected chi connectivity index (χ4v) is 1.95. The number of hydrogen-bond acceptors (Lipinski definition) is 3. The first kappa shape index (κ1) is 15.6. The summed E-state index contributed by atoms with van der Waals surface area (Å²) in [7, 11) is 1.91. The Kier molecular flexibility index (Phi) is 5.55. The van der Waals surface area contributed by atoms with E-state index in [0.29, 0.717) is 18.7 Å². The molecule has 0 fully saturated rings. The van der Waals surface area contributed by atoms with Crippen molar-refractivity contribution >= 4 is 5.96 Å². The molecule has 6 nitrogen and oxygen atoms in total. The first-order valence-corrected chi connectivity index (χ1v) is 7.21. The zero-order valence-electron chi connectivity index (χ0n) is 12.9. The molecule has 1 aromatic heterocycles. The molecular formula is C16H20N6. The molecule has 0 amide bonds. The number of hydrogen-bond donors (Lipinski definition) is 2. The van der Waals surface area contributed by atoms with Crippen LogP contribution in [0, 0.1) is 11.3 Å². The number of guanidine groups is 1. The summed E-state index contributed by atoms with van der Waals surface area (Å²) < 4.78 is 1.83. The molecule has 0 spiro atoms. The van der Waals surface area contributed by atoms with E-state index in [9.17, 15) is 0 Å². The molecule has 0 bridgehead atoms. The highest BCUT2D eigenvalue weighted by atomic mass is 15.3. The van der Waals surface area contributed by atoms with E-state index in [1.807, 2.05) is 36.9 Å². The van der Waals surface area contributed by atoms with Gasteiger partial charge >= 0.3 is 0 Å². The van der Waals surface area contributed by atoms with Crippen molar-refractivity contribution < 1.29 is 0 Å². The zero-order chi connectivity index (χ0) is 15.8. The first-order valence-electron chi connectivity index (χ1n) is 7.21. The fourth-order valence-electron chi connectivity index (χ4n) is 1.95. The maximum absolute atomic E-state index is 8.79. The van der Waals surface area contributed by atoms with Gasteiger partial charge in [-0.3, -0.25) is 4.68 Å². The minimum absolute atomic E-state index is 0.562. The van der Waals surface area contributed by atoms with Gasteiger partial charge in [0.15, 0.2) is 5.96 Å². The van der Waals surface area contributed by atoms with Gasteiger partial charge < -0.3 is 10.6 Å². The van der Waals surface area contributed by atoms with Crippen molar-refractivity contribution in [3.05, 3.63) is 53.3 Å². The molecule has 0 aliphatic carbocycles. The van der Waals surface area contributed by atoms with Crippen LogP contribution < -0.4 is 10.6 Å². The Hall–Kier alpha value is -2.81. The summed E-state index contributed by atoms with van der Waals surface area (Å²) in [5, 5.41) is 19.4. The van der Waals surface area contributed by atoms with E-state index in [4.69, 9.17) is 5.26 Å². The summed E-state index contributed by atoms with van der Waals surface area (Å²) in [6.07, 6.45) is 1.78. The molecule has 0 atom stereocenters. The van der Waals surface area contributed by atoms with Gasteiger partial charge in [0.25, 0.3) is 0 Å². The summed E-state index contributed by atoms with van der Waals surface area (Å²) in [6.45, 7) is 4.05. The van der Waals surface area contributed by atoms with Crippen molar-refractivity contribution in [1.29, 1.82) is 5.26 Å². The van der Waals surface area contributed by atoms with Crippen molar-refractivity contribution in [2.45, 2.75) is 20.0 Å². The lowest BCUT2D eigenvalue weighted by Gasteiger charge is -2.11. The van der Waals surface area contributed by atoms with Gasteiger partial charge in [-0.25, -0.2) is 4.99 Å². The second kappa shape index (κ2) is 7.84. The molecular weight excluding hydrogens is 276 g/mol. The van der Waals surface area contributed by atoms with Gasteiger partial charge in [-0.2, -0.15) is 10.4 Å². The molecule has 0 aliphatic heterocycles. The summed E-state index contributed by atoms with van der Waals surface area (Å²) in [6, 6.07) is 11.5. The fraction of sp³-hybridized carbons (Fsp3) is 0.312. The largest absolute Gasteiger partial charge is 0.357 e. The van der Waals surface area contributed by atoms with Crippen LogP contribution >= 0.6 is 0 Å². The van der Waals surface area contributed by atoms with Crippen molar-refractivity contribution in [2.24, 2.45) is 12.0 Å². The van der Waals surface area contributed by atoms with Gasteiger partial charge in [0, 0.05) is 19.8 Å². The Morgan fingerprint density at radius 3 is 2.64 bits per heavy atom. The van der Waals surface area contributed by atoms with Crippen LogP contribution in [0.4, 0.5) is 0 Å². The molecule has 0 radical (unpaired) electrons. The molecule has 2 aromatic rings. The number of rotatable bonds is 5. The number of nitrogens with one attached hydrogen (secondary N) is 2. The number of nitriles is 1. The molecule has 22 heavy (non-hydrogen) atoms. The van der Waals surface area contributed by atoms with Gasteiger partial charge in [-0.1, -0.05) is 12.1 Å². The molecule has 0 unspecified atom stereocenters. The van der Waals surface area contributed by atoms with Crippen LogP contribution in [0.2, 0.25) is 0 Å². The van der Waals surface area contributed by atoms with Crippen LogP contribution in [-0.2, 0) is 20.1 Å². The Bertz CT molecular complexity index is 663. The molecule has 6 heteroatoms. The normalized spacial score (nSPS) is 11.0. The zero-order valence-corrected chi connectivity index (χ0v) is 12.9. The number of nitrogens with zero attached hydrogens (tertiary/aromatic N) is 4. The van der Waals surface area contributed by atoms with Crippen LogP contribution in [0.5, 0.6) is 0 Å². The third-order valence-electron chi connectivity index (χ3n) is 3.21. The van der Waals surface area contributed by atoms with Crippen molar-refractivity contribution in [1.82, 2.24) is 20.4 Å². The van der Waals surface area contributed by atoms with Gasteiger partial charge in [0.1, 0.15) is 0 Å². The van der Waals surface area contributed by atoms with E-state index in [2.05, 4.69) is 26.8 Å². The highest BCUT2D eigenvalue weighted by Crippen LogP contribution is 2.04. The SMILES string of the molecule is CCNC(=NCc1ccc(C#N)cc1)NCc1ccnn1C. The minimum atomic E-state index is 0.562. The Morgan fingerprint density at radius 1 is 1.27 bits per heavy atom. The van der Waals surface area contributed by atoms with Crippen LogP contribution in [0.25, 0.3) is 0 Å². The predicted molar refractivity (Wildman–Crippen MR) is 86.0 cm³/mol. The van der Waals surface area contributed by atoms with E-state index in [1.165, 1.54) is 0 Å². The van der Waals surface area contributed by atoms with E-state index in [0.717, 1.165) is 23.8 Å². The highest BCUT2D eigenvalue weighted by molar-refractivity contribution is 5.79. The second-order valence-electron chi connectivity index (χ2n) is 4.80. The summed E-state index contributed by atoms with van der Waals surface area (Å²) >= 11 is 0. The quantitative estimate of drug-likeness (QED) is 0.648. The number of aryl methyl sites for hydroxylation is 1. The average molecular weight is 296 g/mol. The third kappa shape index (κ3) is 4.35. The minimum Gasteiger partial charge on any atom is -0.357 e. The lowest BCUT2D eigenvalue weighted by Crippen LogP contribution is -2.37. The molecule has 0 aliphatic rings. The van der Waals surface area contributed by atoms with Crippen molar-refractivity contribution in [3.63, 3.8) is 0 Å². The van der Waals surface area contributed by atoms with Crippen molar-refractivity contribution in [2.75, 3.05) is 6.54 Å². The lowest BCUT2D eigenvalue weighted by atomic mass is 10.1. The van der Waals surface area contributed by atoms with Gasteiger partial charge in [0.05, 0.1) is 30.4 Å². The van der Waals surface area contributed by atoms with Crippen LogP contribution in [0.3, 0.4) is 0 Å². The smallest absolute Gasteiger partial charge is 0.191 e. The van der Waals surface area contributed by atoms with Crippen molar-refractivity contribution in [3.8, 4) is 6.07 Å². The average Bonchev–Trinajstić information content (AvgIpc) is 2.96. The van der Waals surface area contributed by atoms with Gasteiger partial charge in [-0.05, 0) is 30.7 Å². The second-order valence-corrected chi connectivity index (χ2v) is 4.80. The van der Waals surface area contributed by atoms with E-state index >= 15 is 0 Å². The molecule has 1 heterocycles. The maximum Gasteiger partial charge on any atom is 0.191 e. The summed E-state index contributed by atoms with van der Waals surface area (Å²) in [5.74, 6) is 0.757.